The third-order valence-corrected chi connectivity index (χ3v) is 4.89. The quantitative estimate of drug-likeness (QED) is 0.728. The number of carbonyl (C=O) groups is 1. The number of halogens is 1. The van der Waals surface area contributed by atoms with Gasteiger partial charge in [0, 0.05) is 10.8 Å². The van der Waals surface area contributed by atoms with Gasteiger partial charge in [0.1, 0.15) is 5.75 Å². The largest absolute Gasteiger partial charge is 0.497 e. The van der Waals surface area contributed by atoms with E-state index >= 15 is 0 Å². The molecular weight excluding hydrogens is 342 g/mol. The minimum absolute atomic E-state index is 0.0233. The van der Waals surface area contributed by atoms with Gasteiger partial charge in [0.2, 0.25) is 5.91 Å². The minimum Gasteiger partial charge on any atom is -0.497 e. The Hall–Kier alpha value is -1.65. The molecular formula is C19H22ClNO2S. The number of amides is 1. The summed E-state index contributed by atoms with van der Waals surface area (Å²) in [6.07, 6.45) is 0.844. The van der Waals surface area contributed by atoms with Crippen molar-refractivity contribution in [3.8, 4) is 5.75 Å². The van der Waals surface area contributed by atoms with E-state index in [0.29, 0.717) is 5.75 Å². The number of benzene rings is 2. The average molecular weight is 364 g/mol. The van der Waals surface area contributed by atoms with Gasteiger partial charge in [-0.2, -0.15) is 0 Å². The first-order chi connectivity index (χ1) is 11.6. The van der Waals surface area contributed by atoms with Crippen molar-refractivity contribution in [2.24, 2.45) is 0 Å². The van der Waals surface area contributed by atoms with Crippen LogP contribution in [-0.2, 0) is 10.5 Å². The van der Waals surface area contributed by atoms with E-state index in [0.717, 1.165) is 34.1 Å². The highest BCUT2D eigenvalue weighted by molar-refractivity contribution is 7.99. The highest BCUT2D eigenvalue weighted by Crippen LogP contribution is 2.21. The predicted molar refractivity (Wildman–Crippen MR) is 102 cm³/mol. The molecule has 2 rings (SSSR count). The third-order valence-electron chi connectivity index (χ3n) is 3.65. The van der Waals surface area contributed by atoms with Crippen LogP contribution in [0.25, 0.3) is 0 Å². The first-order valence-corrected chi connectivity index (χ1v) is 9.41. The van der Waals surface area contributed by atoms with E-state index in [1.807, 2.05) is 48.5 Å². The van der Waals surface area contributed by atoms with Gasteiger partial charge < -0.3 is 10.1 Å². The molecule has 0 aliphatic heterocycles. The molecule has 128 valence electrons. The molecule has 2 aromatic rings. The molecule has 0 fully saturated rings. The number of rotatable bonds is 8. The SMILES string of the molecule is CC[C@H](NC(=O)CSCc1cccc(Cl)c1)c1ccc(OC)cc1. The summed E-state index contributed by atoms with van der Waals surface area (Å²) in [7, 11) is 1.64. The van der Waals surface area contributed by atoms with Gasteiger partial charge in [-0.3, -0.25) is 4.79 Å². The molecule has 24 heavy (non-hydrogen) atoms. The van der Waals surface area contributed by atoms with Crippen molar-refractivity contribution in [1.82, 2.24) is 5.32 Å². The highest BCUT2D eigenvalue weighted by atomic mass is 35.5. The topological polar surface area (TPSA) is 38.3 Å². The van der Waals surface area contributed by atoms with Crippen LogP contribution in [0.15, 0.2) is 48.5 Å². The van der Waals surface area contributed by atoms with Crippen molar-refractivity contribution >= 4 is 29.3 Å². The zero-order chi connectivity index (χ0) is 17.4. The van der Waals surface area contributed by atoms with E-state index < -0.39 is 0 Å². The number of hydrogen-bond donors (Lipinski definition) is 1. The molecule has 0 unspecified atom stereocenters. The Morgan fingerprint density at radius 2 is 2.00 bits per heavy atom. The third kappa shape index (κ3) is 5.77. The van der Waals surface area contributed by atoms with Crippen molar-refractivity contribution in [3.63, 3.8) is 0 Å². The zero-order valence-corrected chi connectivity index (χ0v) is 15.5. The number of ether oxygens (including phenoxy) is 1. The van der Waals surface area contributed by atoms with Gasteiger partial charge in [0.25, 0.3) is 0 Å². The van der Waals surface area contributed by atoms with E-state index in [-0.39, 0.29) is 11.9 Å². The fourth-order valence-electron chi connectivity index (χ4n) is 2.38. The summed E-state index contributed by atoms with van der Waals surface area (Å²) in [5.41, 5.74) is 2.22. The number of nitrogens with one attached hydrogen (secondary N) is 1. The monoisotopic (exact) mass is 363 g/mol. The van der Waals surface area contributed by atoms with Crippen molar-refractivity contribution in [3.05, 3.63) is 64.7 Å². The molecule has 5 heteroatoms. The first kappa shape index (κ1) is 18.7. The lowest BCUT2D eigenvalue weighted by molar-refractivity contribution is -0.119. The molecule has 0 spiro atoms. The van der Waals surface area contributed by atoms with Crippen LogP contribution in [0.3, 0.4) is 0 Å². The van der Waals surface area contributed by atoms with Crippen LogP contribution in [0.4, 0.5) is 0 Å². The summed E-state index contributed by atoms with van der Waals surface area (Å²) in [4.78, 5) is 12.2. The van der Waals surface area contributed by atoms with E-state index in [4.69, 9.17) is 16.3 Å². The summed E-state index contributed by atoms with van der Waals surface area (Å²) >= 11 is 7.55. The lowest BCUT2D eigenvalue weighted by atomic mass is 10.0. The molecule has 0 saturated heterocycles. The number of carbonyl (C=O) groups excluding carboxylic acids is 1. The number of methoxy groups -OCH3 is 1. The predicted octanol–water partition coefficient (Wildman–Crippen LogP) is 4.85. The molecule has 0 saturated carbocycles. The highest BCUT2D eigenvalue weighted by Gasteiger charge is 2.12. The second kappa shape index (κ2) is 9.60. The summed E-state index contributed by atoms with van der Waals surface area (Å²) < 4.78 is 5.17. The van der Waals surface area contributed by atoms with Gasteiger partial charge in [0.15, 0.2) is 0 Å². The summed E-state index contributed by atoms with van der Waals surface area (Å²) in [6, 6.07) is 15.6. The fraction of sp³-hybridized carbons (Fsp3) is 0.316. The first-order valence-electron chi connectivity index (χ1n) is 7.88. The standard InChI is InChI=1S/C19H22ClNO2S/c1-3-18(15-7-9-17(23-2)10-8-15)21-19(22)13-24-12-14-5-4-6-16(20)11-14/h4-11,18H,3,12-13H2,1-2H3,(H,21,22)/t18-/m0/s1. The molecule has 0 heterocycles. The molecule has 0 radical (unpaired) electrons. The molecule has 1 amide bonds. The summed E-state index contributed by atoms with van der Waals surface area (Å²) in [5.74, 6) is 2.06. The minimum atomic E-state index is 0.0233. The van der Waals surface area contributed by atoms with Crippen molar-refractivity contribution in [2.45, 2.75) is 25.1 Å². The normalized spacial score (nSPS) is 11.8. The molecule has 0 bridgehead atoms. The molecule has 2 aromatic carbocycles. The van der Waals surface area contributed by atoms with Crippen LogP contribution in [0.5, 0.6) is 5.75 Å². The van der Waals surface area contributed by atoms with Gasteiger partial charge in [-0.05, 0) is 41.8 Å². The summed E-state index contributed by atoms with van der Waals surface area (Å²) in [6.45, 7) is 2.06. The van der Waals surface area contributed by atoms with E-state index in [1.54, 1.807) is 18.9 Å². The smallest absolute Gasteiger partial charge is 0.230 e. The van der Waals surface area contributed by atoms with Gasteiger partial charge in [-0.25, -0.2) is 0 Å². The molecule has 0 aliphatic carbocycles. The maximum absolute atomic E-state index is 12.2. The Balaban J connectivity index is 1.82. The van der Waals surface area contributed by atoms with Gasteiger partial charge >= 0.3 is 0 Å². The van der Waals surface area contributed by atoms with Gasteiger partial charge in [-0.1, -0.05) is 42.8 Å². The number of hydrogen-bond acceptors (Lipinski definition) is 3. The molecule has 0 aliphatic rings. The Morgan fingerprint density at radius 3 is 2.62 bits per heavy atom. The van der Waals surface area contributed by atoms with Crippen LogP contribution in [0.1, 0.15) is 30.5 Å². The van der Waals surface area contributed by atoms with E-state index in [1.165, 1.54) is 0 Å². The Kier molecular flexibility index (Phi) is 7.47. The second-order valence-corrected chi connectivity index (χ2v) is 6.85. The van der Waals surface area contributed by atoms with Gasteiger partial charge in [0.05, 0.1) is 18.9 Å². The van der Waals surface area contributed by atoms with E-state index in [9.17, 15) is 4.79 Å². The lowest BCUT2D eigenvalue weighted by Crippen LogP contribution is -2.29. The molecule has 1 N–H and O–H groups in total. The Labute approximate surface area is 152 Å². The van der Waals surface area contributed by atoms with Crippen molar-refractivity contribution < 1.29 is 9.53 Å². The average Bonchev–Trinajstić information content (AvgIpc) is 2.60. The van der Waals surface area contributed by atoms with Crippen molar-refractivity contribution in [1.29, 1.82) is 0 Å². The Bertz CT molecular complexity index is 661. The molecule has 3 nitrogen and oxygen atoms in total. The van der Waals surface area contributed by atoms with Crippen LogP contribution in [-0.4, -0.2) is 18.8 Å². The van der Waals surface area contributed by atoms with Crippen LogP contribution >= 0.6 is 23.4 Å². The maximum atomic E-state index is 12.2. The zero-order valence-electron chi connectivity index (χ0n) is 13.9. The van der Waals surface area contributed by atoms with Gasteiger partial charge in [-0.15, -0.1) is 11.8 Å². The number of thioether (sulfide) groups is 1. The maximum Gasteiger partial charge on any atom is 0.230 e. The Morgan fingerprint density at radius 1 is 1.25 bits per heavy atom. The van der Waals surface area contributed by atoms with Crippen LogP contribution in [0.2, 0.25) is 5.02 Å². The second-order valence-electron chi connectivity index (χ2n) is 5.42. The summed E-state index contributed by atoms with van der Waals surface area (Å²) in [5, 5.41) is 3.82. The van der Waals surface area contributed by atoms with E-state index in [2.05, 4.69) is 12.2 Å². The van der Waals surface area contributed by atoms with Crippen LogP contribution < -0.4 is 10.1 Å². The van der Waals surface area contributed by atoms with Crippen molar-refractivity contribution in [2.75, 3.05) is 12.9 Å². The molecule has 0 aromatic heterocycles. The fourth-order valence-corrected chi connectivity index (χ4v) is 3.38. The van der Waals surface area contributed by atoms with Crippen LogP contribution in [0, 0.1) is 0 Å². The molecule has 1 atom stereocenters. The lowest BCUT2D eigenvalue weighted by Gasteiger charge is -2.17.